The van der Waals surface area contributed by atoms with Gasteiger partial charge in [0.15, 0.2) is 0 Å². The Bertz CT molecular complexity index is 861. The highest BCUT2D eigenvalue weighted by molar-refractivity contribution is 6.35. The molecule has 0 heterocycles. The lowest BCUT2D eigenvalue weighted by atomic mass is 10.2. The maximum Gasteiger partial charge on any atom is 0.329 e. The summed E-state index contributed by atoms with van der Waals surface area (Å²) in [6, 6.07) is 10.9. The molecule has 0 unspecified atom stereocenters. The van der Waals surface area contributed by atoms with E-state index in [-0.39, 0.29) is 25.6 Å². The van der Waals surface area contributed by atoms with Crippen LogP contribution in [0.3, 0.4) is 0 Å². The third kappa shape index (κ3) is 6.98. The van der Waals surface area contributed by atoms with Gasteiger partial charge in [0.2, 0.25) is 0 Å². The first-order chi connectivity index (χ1) is 13.5. The smallest absolute Gasteiger partial charge is 0.329 e. The Kier molecular flexibility index (Phi) is 8.38. The molecule has 7 nitrogen and oxygen atoms in total. The predicted octanol–water partition coefficient (Wildman–Crippen LogP) is 2.27. The van der Waals surface area contributed by atoms with Gasteiger partial charge in [-0.15, -0.1) is 0 Å². The number of halogens is 2. The number of hydrogen-bond acceptors (Lipinski definition) is 5. The minimum Gasteiger partial charge on any atom is -0.488 e. The molecule has 0 aliphatic rings. The van der Waals surface area contributed by atoms with Crippen molar-refractivity contribution in [2.45, 2.75) is 6.61 Å². The number of hydrazone groups is 1. The lowest BCUT2D eigenvalue weighted by molar-refractivity contribution is -0.139. The molecule has 0 aliphatic heterocycles. The van der Waals surface area contributed by atoms with Crippen LogP contribution in [0.1, 0.15) is 11.1 Å². The Morgan fingerprint density at radius 1 is 1.21 bits per heavy atom. The molecule has 0 aromatic heterocycles. The lowest BCUT2D eigenvalue weighted by Crippen LogP contribution is -2.39. The first-order valence-corrected chi connectivity index (χ1v) is 8.64. The fourth-order valence-corrected chi connectivity index (χ4v) is 2.28. The SMILES string of the molecule is COCCNC(=O)C(=O)N/N=C\c1cc(Cl)ccc1OCc1cccc(F)c1. The van der Waals surface area contributed by atoms with E-state index in [1.54, 1.807) is 30.3 Å². The number of ether oxygens (including phenoxy) is 2. The van der Waals surface area contributed by atoms with Crippen molar-refractivity contribution in [2.24, 2.45) is 5.10 Å². The minimum absolute atomic E-state index is 0.133. The van der Waals surface area contributed by atoms with Crippen molar-refractivity contribution in [3.63, 3.8) is 0 Å². The van der Waals surface area contributed by atoms with Crippen molar-refractivity contribution >= 4 is 29.6 Å². The average Bonchev–Trinajstić information content (AvgIpc) is 2.67. The number of hydrogen-bond donors (Lipinski definition) is 2. The Balaban J connectivity index is 1.98. The van der Waals surface area contributed by atoms with Gasteiger partial charge in [-0.3, -0.25) is 9.59 Å². The molecule has 0 saturated heterocycles. The second-order valence-electron chi connectivity index (χ2n) is 5.55. The van der Waals surface area contributed by atoms with Crippen molar-refractivity contribution in [1.29, 1.82) is 0 Å². The molecular formula is C19H19ClFN3O4. The molecule has 2 rings (SSSR count). The van der Waals surface area contributed by atoms with Crippen LogP contribution in [-0.2, 0) is 20.9 Å². The van der Waals surface area contributed by atoms with Crippen LogP contribution in [0.15, 0.2) is 47.6 Å². The summed E-state index contributed by atoms with van der Waals surface area (Å²) in [4.78, 5) is 23.2. The monoisotopic (exact) mass is 407 g/mol. The van der Waals surface area contributed by atoms with E-state index in [4.69, 9.17) is 21.1 Å². The van der Waals surface area contributed by atoms with Crippen LogP contribution >= 0.6 is 11.6 Å². The van der Waals surface area contributed by atoms with E-state index in [1.807, 2.05) is 0 Å². The highest BCUT2D eigenvalue weighted by atomic mass is 35.5. The summed E-state index contributed by atoms with van der Waals surface area (Å²) in [6.07, 6.45) is 1.30. The van der Waals surface area contributed by atoms with E-state index >= 15 is 0 Å². The van der Waals surface area contributed by atoms with E-state index in [1.165, 1.54) is 25.5 Å². The summed E-state index contributed by atoms with van der Waals surface area (Å²) >= 11 is 5.99. The van der Waals surface area contributed by atoms with Gasteiger partial charge < -0.3 is 14.8 Å². The topological polar surface area (TPSA) is 89.0 Å². The lowest BCUT2D eigenvalue weighted by Gasteiger charge is -2.10. The Hall–Kier alpha value is -2.97. The highest BCUT2D eigenvalue weighted by Gasteiger charge is 2.11. The zero-order valence-corrected chi connectivity index (χ0v) is 15.8. The molecule has 2 amide bonds. The van der Waals surface area contributed by atoms with E-state index in [0.29, 0.717) is 21.9 Å². The molecule has 0 aliphatic carbocycles. The highest BCUT2D eigenvalue weighted by Crippen LogP contribution is 2.22. The molecular weight excluding hydrogens is 389 g/mol. The van der Waals surface area contributed by atoms with Gasteiger partial charge >= 0.3 is 11.8 Å². The summed E-state index contributed by atoms with van der Waals surface area (Å²) in [5, 5.41) is 6.55. The van der Waals surface area contributed by atoms with Gasteiger partial charge in [0, 0.05) is 24.2 Å². The molecule has 0 saturated carbocycles. The standard InChI is InChI=1S/C19H19ClFN3O4/c1-27-8-7-22-18(25)19(26)24-23-11-14-10-15(20)5-6-17(14)28-12-13-3-2-4-16(21)9-13/h2-6,9-11H,7-8,12H2,1H3,(H,22,25)(H,24,26)/b23-11-. The van der Waals surface area contributed by atoms with E-state index in [0.717, 1.165) is 0 Å². The van der Waals surface area contributed by atoms with Crippen LogP contribution in [0.2, 0.25) is 5.02 Å². The third-order valence-electron chi connectivity index (χ3n) is 3.42. The van der Waals surface area contributed by atoms with Gasteiger partial charge in [-0.2, -0.15) is 5.10 Å². The first-order valence-electron chi connectivity index (χ1n) is 8.26. The first kappa shape index (κ1) is 21.3. The second kappa shape index (κ2) is 11.0. The van der Waals surface area contributed by atoms with Crippen LogP contribution < -0.4 is 15.5 Å². The average molecular weight is 408 g/mol. The van der Waals surface area contributed by atoms with Gasteiger partial charge in [0.1, 0.15) is 18.2 Å². The van der Waals surface area contributed by atoms with Crippen molar-refractivity contribution in [3.8, 4) is 5.75 Å². The van der Waals surface area contributed by atoms with Crippen LogP contribution in [0.5, 0.6) is 5.75 Å². The number of methoxy groups -OCH3 is 1. The minimum atomic E-state index is -0.920. The fourth-order valence-electron chi connectivity index (χ4n) is 2.10. The van der Waals surface area contributed by atoms with Crippen LogP contribution in [0.4, 0.5) is 4.39 Å². The van der Waals surface area contributed by atoms with Gasteiger partial charge in [0.25, 0.3) is 0 Å². The van der Waals surface area contributed by atoms with Crippen molar-refractivity contribution in [1.82, 2.24) is 10.7 Å². The quantitative estimate of drug-likeness (QED) is 0.304. The normalized spacial score (nSPS) is 10.7. The molecule has 0 atom stereocenters. The van der Waals surface area contributed by atoms with Crippen molar-refractivity contribution < 1.29 is 23.5 Å². The molecule has 0 spiro atoms. The number of nitrogens with one attached hydrogen (secondary N) is 2. The summed E-state index contributed by atoms with van der Waals surface area (Å²) in [5.74, 6) is -1.68. The Morgan fingerprint density at radius 3 is 2.79 bits per heavy atom. The molecule has 2 N–H and O–H groups in total. The van der Waals surface area contributed by atoms with Crippen LogP contribution in [-0.4, -0.2) is 38.3 Å². The Morgan fingerprint density at radius 2 is 2.04 bits per heavy atom. The number of rotatable bonds is 8. The van der Waals surface area contributed by atoms with E-state index in [9.17, 15) is 14.0 Å². The molecule has 28 heavy (non-hydrogen) atoms. The number of carbonyl (C=O) groups excluding carboxylic acids is 2. The second-order valence-corrected chi connectivity index (χ2v) is 5.99. The fraction of sp³-hybridized carbons (Fsp3) is 0.211. The molecule has 148 valence electrons. The van der Waals surface area contributed by atoms with Crippen molar-refractivity contribution in [3.05, 3.63) is 64.4 Å². The molecule has 2 aromatic rings. The summed E-state index contributed by atoms with van der Waals surface area (Å²) in [6.45, 7) is 0.629. The number of carbonyl (C=O) groups is 2. The largest absolute Gasteiger partial charge is 0.488 e. The molecule has 2 aromatic carbocycles. The summed E-state index contributed by atoms with van der Waals surface area (Å²) in [7, 11) is 1.48. The van der Waals surface area contributed by atoms with Crippen LogP contribution in [0, 0.1) is 5.82 Å². The van der Waals surface area contributed by atoms with Gasteiger partial charge in [-0.1, -0.05) is 23.7 Å². The predicted molar refractivity (Wildman–Crippen MR) is 103 cm³/mol. The summed E-state index contributed by atoms with van der Waals surface area (Å²) < 4.78 is 23.7. The summed E-state index contributed by atoms with van der Waals surface area (Å²) in [5.41, 5.74) is 3.24. The third-order valence-corrected chi connectivity index (χ3v) is 3.66. The molecule has 9 heteroatoms. The Labute approximate surface area is 166 Å². The van der Waals surface area contributed by atoms with Gasteiger partial charge in [0.05, 0.1) is 12.8 Å². The number of benzene rings is 2. The van der Waals surface area contributed by atoms with E-state index in [2.05, 4.69) is 15.8 Å². The molecule has 0 radical (unpaired) electrons. The van der Waals surface area contributed by atoms with Crippen LogP contribution in [0.25, 0.3) is 0 Å². The zero-order chi connectivity index (χ0) is 20.4. The van der Waals surface area contributed by atoms with E-state index < -0.39 is 11.8 Å². The molecule has 0 bridgehead atoms. The number of nitrogens with zero attached hydrogens (tertiary/aromatic N) is 1. The van der Waals surface area contributed by atoms with Gasteiger partial charge in [-0.05, 0) is 35.9 Å². The maximum atomic E-state index is 13.3. The maximum absolute atomic E-state index is 13.3. The molecule has 0 fully saturated rings. The number of amides is 2. The van der Waals surface area contributed by atoms with Crippen molar-refractivity contribution in [2.75, 3.05) is 20.3 Å². The van der Waals surface area contributed by atoms with Gasteiger partial charge in [-0.25, -0.2) is 9.82 Å². The zero-order valence-electron chi connectivity index (χ0n) is 15.1.